The van der Waals surface area contributed by atoms with Gasteiger partial charge in [0, 0.05) is 7.05 Å². The first kappa shape index (κ1) is 11.4. The Morgan fingerprint density at radius 1 is 1.41 bits per heavy atom. The van der Waals surface area contributed by atoms with Crippen LogP contribution in [0.2, 0.25) is 0 Å². The number of aromatic nitrogens is 3. The third-order valence-electron chi connectivity index (χ3n) is 2.47. The van der Waals surface area contributed by atoms with Gasteiger partial charge in [-0.05, 0) is 26.0 Å². The van der Waals surface area contributed by atoms with Gasteiger partial charge in [-0.2, -0.15) is 0 Å². The lowest BCUT2D eigenvalue weighted by Crippen LogP contribution is -2.17. The second-order valence-electron chi connectivity index (χ2n) is 3.87. The molecule has 0 aliphatic heterocycles. The van der Waals surface area contributed by atoms with Gasteiger partial charge in [0.2, 0.25) is 11.9 Å². The number of hydrogen-bond donors (Lipinski definition) is 1. The summed E-state index contributed by atoms with van der Waals surface area (Å²) in [5.74, 6) is 2.45. The zero-order chi connectivity index (χ0) is 12.4. The zero-order valence-electron chi connectivity index (χ0n) is 10.0. The number of rotatable bonds is 3. The molecule has 0 aliphatic rings. The Labute approximate surface area is 98.6 Å². The van der Waals surface area contributed by atoms with Gasteiger partial charge < -0.3 is 8.98 Å². The third kappa shape index (κ3) is 2.52. The highest BCUT2D eigenvalue weighted by Gasteiger charge is 2.11. The van der Waals surface area contributed by atoms with Crippen LogP contribution in [0.15, 0.2) is 16.5 Å². The lowest BCUT2D eigenvalue weighted by Gasteiger charge is -2.03. The van der Waals surface area contributed by atoms with Crippen molar-refractivity contribution >= 4 is 11.9 Å². The second kappa shape index (κ2) is 4.40. The van der Waals surface area contributed by atoms with Crippen molar-refractivity contribution in [2.24, 2.45) is 7.05 Å². The molecule has 0 bridgehead atoms. The highest BCUT2D eigenvalue weighted by Crippen LogP contribution is 2.09. The predicted octanol–water partition coefficient (Wildman–Crippen LogP) is 1.21. The molecule has 90 valence electrons. The van der Waals surface area contributed by atoms with Crippen molar-refractivity contribution in [2.45, 2.75) is 20.3 Å². The van der Waals surface area contributed by atoms with Crippen molar-refractivity contribution in [3.63, 3.8) is 0 Å². The van der Waals surface area contributed by atoms with E-state index < -0.39 is 0 Å². The maximum absolute atomic E-state index is 11.7. The van der Waals surface area contributed by atoms with Gasteiger partial charge in [0.1, 0.15) is 17.3 Å². The van der Waals surface area contributed by atoms with Gasteiger partial charge in [0.25, 0.3) is 0 Å². The van der Waals surface area contributed by atoms with Crippen LogP contribution in [-0.4, -0.2) is 20.7 Å². The molecule has 0 aliphatic carbocycles. The fourth-order valence-corrected chi connectivity index (χ4v) is 1.42. The summed E-state index contributed by atoms with van der Waals surface area (Å²) >= 11 is 0. The number of amides is 1. The number of nitrogens with one attached hydrogen (secondary N) is 1. The molecule has 0 radical (unpaired) electrons. The van der Waals surface area contributed by atoms with E-state index >= 15 is 0 Å². The minimum Gasteiger partial charge on any atom is -0.466 e. The third-order valence-corrected chi connectivity index (χ3v) is 2.47. The Kier molecular flexibility index (Phi) is 2.95. The van der Waals surface area contributed by atoms with Gasteiger partial charge in [-0.15, -0.1) is 10.2 Å². The molecule has 0 saturated heterocycles. The summed E-state index contributed by atoms with van der Waals surface area (Å²) in [7, 11) is 1.79. The Balaban J connectivity index is 2.00. The van der Waals surface area contributed by atoms with Gasteiger partial charge >= 0.3 is 0 Å². The average Bonchev–Trinajstić information content (AvgIpc) is 2.79. The molecule has 2 aromatic heterocycles. The molecule has 0 fully saturated rings. The fourth-order valence-electron chi connectivity index (χ4n) is 1.42. The smallest absolute Gasteiger partial charge is 0.234 e. The lowest BCUT2D eigenvalue weighted by molar-refractivity contribution is -0.115. The van der Waals surface area contributed by atoms with Crippen LogP contribution in [0.3, 0.4) is 0 Å². The monoisotopic (exact) mass is 234 g/mol. The van der Waals surface area contributed by atoms with E-state index in [1.165, 1.54) is 0 Å². The number of aryl methyl sites for hydroxylation is 2. The van der Waals surface area contributed by atoms with E-state index in [-0.39, 0.29) is 12.3 Å². The zero-order valence-corrected chi connectivity index (χ0v) is 10.0. The standard InChI is InChI=1S/C11H14N4O2/c1-7-4-5-9(17-7)6-10(16)12-11-14-13-8(2)15(11)3/h4-5H,6H2,1-3H3,(H,12,14,16). The van der Waals surface area contributed by atoms with Crippen molar-refractivity contribution < 1.29 is 9.21 Å². The predicted molar refractivity (Wildman–Crippen MR) is 61.5 cm³/mol. The maximum atomic E-state index is 11.7. The molecule has 0 saturated carbocycles. The summed E-state index contributed by atoms with van der Waals surface area (Å²) in [5, 5.41) is 10.4. The quantitative estimate of drug-likeness (QED) is 0.866. The molecular weight excluding hydrogens is 220 g/mol. The van der Waals surface area contributed by atoms with Crippen LogP contribution in [-0.2, 0) is 18.3 Å². The number of nitrogens with zero attached hydrogens (tertiary/aromatic N) is 3. The Bertz CT molecular complexity index is 541. The minimum absolute atomic E-state index is 0.171. The largest absolute Gasteiger partial charge is 0.466 e. The van der Waals surface area contributed by atoms with Gasteiger partial charge in [-0.3, -0.25) is 10.1 Å². The molecule has 6 heteroatoms. The molecule has 2 aromatic rings. The molecule has 0 spiro atoms. The van der Waals surface area contributed by atoms with Crippen molar-refractivity contribution in [3.8, 4) is 0 Å². The molecule has 2 heterocycles. The first-order valence-corrected chi connectivity index (χ1v) is 5.27. The van der Waals surface area contributed by atoms with Gasteiger partial charge in [0.05, 0.1) is 6.42 Å². The molecule has 17 heavy (non-hydrogen) atoms. The van der Waals surface area contributed by atoms with E-state index in [1.807, 2.05) is 19.9 Å². The summed E-state index contributed by atoms with van der Waals surface area (Å²) < 4.78 is 7.04. The van der Waals surface area contributed by atoms with Crippen molar-refractivity contribution in [1.29, 1.82) is 0 Å². The number of hydrogen-bond acceptors (Lipinski definition) is 4. The SMILES string of the molecule is Cc1ccc(CC(=O)Nc2nnc(C)n2C)o1. The molecule has 0 atom stereocenters. The van der Waals surface area contributed by atoms with Gasteiger partial charge in [0.15, 0.2) is 0 Å². The maximum Gasteiger partial charge on any atom is 0.234 e. The van der Waals surface area contributed by atoms with E-state index in [0.29, 0.717) is 11.7 Å². The second-order valence-corrected chi connectivity index (χ2v) is 3.87. The molecule has 2 rings (SSSR count). The summed E-state index contributed by atoms with van der Waals surface area (Å²) in [5.41, 5.74) is 0. The summed E-state index contributed by atoms with van der Waals surface area (Å²) in [6.45, 7) is 3.66. The van der Waals surface area contributed by atoms with Crippen LogP contribution in [0.4, 0.5) is 5.95 Å². The van der Waals surface area contributed by atoms with E-state index in [0.717, 1.165) is 11.6 Å². The van der Waals surface area contributed by atoms with Gasteiger partial charge in [-0.1, -0.05) is 0 Å². The average molecular weight is 234 g/mol. The Hall–Kier alpha value is -2.11. The highest BCUT2D eigenvalue weighted by molar-refractivity contribution is 5.90. The molecule has 1 amide bonds. The topological polar surface area (TPSA) is 73.0 Å². The van der Waals surface area contributed by atoms with Crippen LogP contribution < -0.4 is 5.32 Å². The van der Waals surface area contributed by atoms with E-state index in [2.05, 4.69) is 15.5 Å². The first-order chi connectivity index (χ1) is 8.06. The van der Waals surface area contributed by atoms with Crippen molar-refractivity contribution in [3.05, 3.63) is 29.5 Å². The number of carbonyl (C=O) groups is 1. The number of carbonyl (C=O) groups excluding carboxylic acids is 1. The van der Waals surface area contributed by atoms with E-state index in [4.69, 9.17) is 4.42 Å². The lowest BCUT2D eigenvalue weighted by atomic mass is 10.3. The Morgan fingerprint density at radius 3 is 2.71 bits per heavy atom. The fraction of sp³-hybridized carbons (Fsp3) is 0.364. The molecular formula is C11H14N4O2. The van der Waals surface area contributed by atoms with E-state index in [1.54, 1.807) is 17.7 Å². The van der Waals surface area contributed by atoms with Crippen molar-refractivity contribution in [2.75, 3.05) is 5.32 Å². The summed E-state index contributed by atoms with van der Waals surface area (Å²) in [6, 6.07) is 3.62. The molecule has 0 unspecified atom stereocenters. The normalized spacial score (nSPS) is 10.5. The van der Waals surface area contributed by atoms with Crippen molar-refractivity contribution in [1.82, 2.24) is 14.8 Å². The Morgan fingerprint density at radius 2 is 2.18 bits per heavy atom. The molecule has 0 aromatic carbocycles. The first-order valence-electron chi connectivity index (χ1n) is 5.27. The number of anilines is 1. The number of furan rings is 1. The van der Waals surface area contributed by atoms with E-state index in [9.17, 15) is 4.79 Å². The minimum atomic E-state index is -0.171. The highest BCUT2D eigenvalue weighted by atomic mass is 16.3. The summed E-state index contributed by atoms with van der Waals surface area (Å²) in [6.07, 6.45) is 0.194. The van der Waals surface area contributed by atoms with Crippen LogP contribution in [0.25, 0.3) is 0 Å². The van der Waals surface area contributed by atoms with Crippen LogP contribution >= 0.6 is 0 Å². The molecule has 6 nitrogen and oxygen atoms in total. The summed E-state index contributed by atoms with van der Waals surface area (Å²) in [4.78, 5) is 11.7. The molecule has 1 N–H and O–H groups in total. The van der Waals surface area contributed by atoms with Crippen LogP contribution in [0.1, 0.15) is 17.3 Å². The van der Waals surface area contributed by atoms with Crippen LogP contribution in [0, 0.1) is 13.8 Å². The van der Waals surface area contributed by atoms with Crippen LogP contribution in [0.5, 0.6) is 0 Å². The van der Waals surface area contributed by atoms with Gasteiger partial charge in [-0.25, -0.2) is 0 Å².